The molecule has 2 rings (SSSR count). The lowest BCUT2D eigenvalue weighted by molar-refractivity contribution is 0.788. The number of anilines is 1. The predicted molar refractivity (Wildman–Crippen MR) is 80.5 cm³/mol. The Balaban J connectivity index is 1.96. The van der Waals surface area contributed by atoms with Gasteiger partial charge in [0.2, 0.25) is 0 Å². The summed E-state index contributed by atoms with van der Waals surface area (Å²) in [4.78, 5) is 0.340. The highest BCUT2D eigenvalue weighted by molar-refractivity contribution is 7.80. The predicted octanol–water partition coefficient (Wildman–Crippen LogP) is 1.76. The molecule has 0 radical (unpaired) electrons. The number of rotatable bonds is 5. The van der Waals surface area contributed by atoms with Crippen molar-refractivity contribution in [3.8, 4) is 0 Å². The molecule has 1 heterocycles. The molecule has 100 valence electrons. The zero-order valence-electron chi connectivity index (χ0n) is 10.4. The minimum Gasteiger partial charge on any atom is -0.389 e. The molecule has 0 bridgehead atoms. The van der Waals surface area contributed by atoms with Gasteiger partial charge in [-0.25, -0.2) is 0 Å². The Morgan fingerprint density at radius 1 is 1.53 bits per heavy atom. The van der Waals surface area contributed by atoms with E-state index in [2.05, 4.69) is 15.5 Å². The first kappa shape index (κ1) is 13.8. The number of aryl methyl sites for hydroxylation is 1. The number of hydrogen-bond acceptors (Lipinski definition) is 4. The highest BCUT2D eigenvalue weighted by atomic mass is 35.5. The van der Waals surface area contributed by atoms with E-state index < -0.39 is 0 Å². The molecule has 0 spiro atoms. The number of aromatic nitrogens is 3. The van der Waals surface area contributed by atoms with E-state index >= 15 is 0 Å². The van der Waals surface area contributed by atoms with Gasteiger partial charge in [-0.15, -0.1) is 10.2 Å². The molecule has 19 heavy (non-hydrogen) atoms. The summed E-state index contributed by atoms with van der Waals surface area (Å²) < 4.78 is 1.89. The molecule has 0 aliphatic carbocycles. The third-order valence-corrected chi connectivity index (χ3v) is 3.27. The molecule has 0 amide bonds. The summed E-state index contributed by atoms with van der Waals surface area (Å²) in [6.07, 6.45) is 2.45. The van der Waals surface area contributed by atoms with Crippen molar-refractivity contribution in [2.45, 2.75) is 6.42 Å². The Kier molecular flexibility index (Phi) is 4.34. The number of halogens is 1. The number of benzene rings is 1. The summed E-state index contributed by atoms with van der Waals surface area (Å²) in [5, 5.41) is 11.7. The van der Waals surface area contributed by atoms with Gasteiger partial charge in [-0.05, 0) is 18.2 Å². The Hall–Kier alpha value is -1.66. The van der Waals surface area contributed by atoms with Crippen LogP contribution >= 0.6 is 23.8 Å². The Morgan fingerprint density at radius 3 is 2.89 bits per heavy atom. The van der Waals surface area contributed by atoms with Crippen LogP contribution in [0.15, 0.2) is 24.5 Å². The third-order valence-electron chi connectivity index (χ3n) is 2.72. The average molecular weight is 296 g/mol. The largest absolute Gasteiger partial charge is 0.389 e. The molecule has 0 aliphatic rings. The maximum absolute atomic E-state index is 6.15. The van der Waals surface area contributed by atoms with Gasteiger partial charge in [0, 0.05) is 25.6 Å². The van der Waals surface area contributed by atoms with Gasteiger partial charge in [0.05, 0.1) is 10.7 Å². The molecule has 0 saturated heterocycles. The van der Waals surface area contributed by atoms with E-state index in [0.29, 0.717) is 10.0 Å². The van der Waals surface area contributed by atoms with Gasteiger partial charge in [-0.3, -0.25) is 0 Å². The van der Waals surface area contributed by atoms with Crippen LogP contribution in [0.1, 0.15) is 11.4 Å². The van der Waals surface area contributed by atoms with Crippen LogP contribution in [0.4, 0.5) is 5.69 Å². The van der Waals surface area contributed by atoms with Gasteiger partial charge in [0.1, 0.15) is 17.1 Å². The van der Waals surface area contributed by atoms with Crippen LogP contribution in [0.25, 0.3) is 0 Å². The molecular formula is C12H14ClN5S. The van der Waals surface area contributed by atoms with Gasteiger partial charge in [0.25, 0.3) is 0 Å². The van der Waals surface area contributed by atoms with Crippen molar-refractivity contribution in [2.24, 2.45) is 12.8 Å². The molecule has 0 saturated carbocycles. The second kappa shape index (κ2) is 5.99. The van der Waals surface area contributed by atoms with Gasteiger partial charge in [0.15, 0.2) is 0 Å². The summed E-state index contributed by atoms with van der Waals surface area (Å²) in [5.74, 6) is 0.920. The maximum atomic E-state index is 6.15. The molecule has 0 unspecified atom stereocenters. The molecule has 0 atom stereocenters. The maximum Gasteiger partial charge on any atom is 0.134 e. The topological polar surface area (TPSA) is 68.8 Å². The van der Waals surface area contributed by atoms with Crippen molar-refractivity contribution in [3.05, 3.63) is 40.9 Å². The summed E-state index contributed by atoms with van der Waals surface area (Å²) in [6, 6.07) is 5.47. The molecule has 5 nitrogen and oxygen atoms in total. The minimum absolute atomic E-state index is 0.340. The van der Waals surface area contributed by atoms with E-state index in [4.69, 9.17) is 29.6 Å². The van der Waals surface area contributed by atoms with E-state index in [1.54, 1.807) is 12.4 Å². The van der Waals surface area contributed by atoms with E-state index in [9.17, 15) is 0 Å². The summed E-state index contributed by atoms with van der Waals surface area (Å²) >= 11 is 11.1. The molecule has 1 aromatic heterocycles. The van der Waals surface area contributed by atoms with E-state index in [1.807, 2.05) is 23.7 Å². The number of nitrogens with one attached hydrogen (secondary N) is 1. The van der Waals surface area contributed by atoms with Gasteiger partial charge in [-0.2, -0.15) is 0 Å². The van der Waals surface area contributed by atoms with Crippen LogP contribution in [-0.2, 0) is 13.5 Å². The molecular weight excluding hydrogens is 282 g/mol. The normalized spacial score (nSPS) is 10.4. The van der Waals surface area contributed by atoms with E-state index in [-0.39, 0.29) is 0 Å². The van der Waals surface area contributed by atoms with Crippen molar-refractivity contribution >= 4 is 34.5 Å². The van der Waals surface area contributed by atoms with Crippen molar-refractivity contribution in [1.29, 1.82) is 0 Å². The minimum atomic E-state index is 0.340. The molecule has 0 aliphatic heterocycles. The van der Waals surface area contributed by atoms with Crippen LogP contribution in [-0.4, -0.2) is 26.3 Å². The zero-order valence-corrected chi connectivity index (χ0v) is 12.0. The first-order valence-corrected chi connectivity index (χ1v) is 6.52. The van der Waals surface area contributed by atoms with Crippen LogP contribution in [0, 0.1) is 0 Å². The van der Waals surface area contributed by atoms with Gasteiger partial charge >= 0.3 is 0 Å². The summed E-state index contributed by atoms with van der Waals surface area (Å²) in [5.41, 5.74) is 7.16. The SMILES string of the molecule is Cn1cnnc1CCNc1ccc(C(N)=S)cc1Cl. The zero-order chi connectivity index (χ0) is 13.8. The van der Waals surface area contributed by atoms with Crippen molar-refractivity contribution in [1.82, 2.24) is 14.8 Å². The Morgan fingerprint density at radius 2 is 2.32 bits per heavy atom. The summed E-state index contributed by atoms with van der Waals surface area (Å²) in [6.45, 7) is 0.721. The number of nitrogens with zero attached hydrogens (tertiary/aromatic N) is 3. The molecule has 1 aromatic carbocycles. The fourth-order valence-electron chi connectivity index (χ4n) is 1.65. The number of hydrogen-bond donors (Lipinski definition) is 2. The molecule has 2 aromatic rings. The van der Waals surface area contributed by atoms with Crippen molar-refractivity contribution in [3.63, 3.8) is 0 Å². The fraction of sp³-hybridized carbons (Fsp3) is 0.250. The molecule has 7 heteroatoms. The Labute approximate surface area is 121 Å². The fourth-order valence-corrected chi connectivity index (χ4v) is 2.03. The molecule has 0 fully saturated rings. The Bertz CT molecular complexity index is 596. The number of nitrogens with two attached hydrogens (primary N) is 1. The van der Waals surface area contributed by atoms with Crippen LogP contribution in [0.5, 0.6) is 0 Å². The van der Waals surface area contributed by atoms with Crippen LogP contribution in [0.3, 0.4) is 0 Å². The molecule has 3 N–H and O–H groups in total. The lowest BCUT2D eigenvalue weighted by Gasteiger charge is -2.09. The first-order valence-electron chi connectivity index (χ1n) is 5.74. The number of thiocarbonyl (C=S) groups is 1. The average Bonchev–Trinajstić information content (AvgIpc) is 2.77. The lowest BCUT2D eigenvalue weighted by Crippen LogP contribution is -2.11. The summed E-state index contributed by atoms with van der Waals surface area (Å²) in [7, 11) is 1.92. The second-order valence-corrected chi connectivity index (χ2v) is 4.94. The monoisotopic (exact) mass is 295 g/mol. The third kappa shape index (κ3) is 3.42. The highest BCUT2D eigenvalue weighted by Gasteiger charge is 2.04. The van der Waals surface area contributed by atoms with Crippen molar-refractivity contribution in [2.75, 3.05) is 11.9 Å². The van der Waals surface area contributed by atoms with Crippen molar-refractivity contribution < 1.29 is 0 Å². The lowest BCUT2D eigenvalue weighted by atomic mass is 10.2. The quantitative estimate of drug-likeness (QED) is 0.823. The van der Waals surface area contributed by atoms with Crippen LogP contribution < -0.4 is 11.1 Å². The highest BCUT2D eigenvalue weighted by Crippen LogP contribution is 2.22. The van der Waals surface area contributed by atoms with Crippen LogP contribution in [0.2, 0.25) is 5.02 Å². The smallest absolute Gasteiger partial charge is 0.134 e. The first-order chi connectivity index (χ1) is 9.08. The van der Waals surface area contributed by atoms with Gasteiger partial charge in [-0.1, -0.05) is 23.8 Å². The standard InChI is InChI=1S/C12H14ClN5S/c1-18-7-16-17-11(18)4-5-15-10-3-2-8(12(14)19)6-9(10)13/h2-3,6-7,15H,4-5H2,1H3,(H2,14,19). The second-order valence-electron chi connectivity index (χ2n) is 4.09. The van der Waals surface area contributed by atoms with Gasteiger partial charge < -0.3 is 15.6 Å². The van der Waals surface area contributed by atoms with E-state index in [0.717, 1.165) is 30.0 Å². The van der Waals surface area contributed by atoms with E-state index in [1.165, 1.54) is 0 Å².